The molecule has 0 bridgehead atoms. The molecule has 0 aliphatic rings. The Morgan fingerprint density at radius 1 is 1.62 bits per heavy atom. The van der Waals surface area contributed by atoms with Crippen LogP contribution in [0.3, 0.4) is 0 Å². The van der Waals surface area contributed by atoms with Gasteiger partial charge in [0.05, 0.1) is 10.3 Å². The maximum Gasteiger partial charge on any atom is 0.0930 e. The van der Waals surface area contributed by atoms with Gasteiger partial charge < -0.3 is 4.74 Å². The highest BCUT2D eigenvalue weighted by molar-refractivity contribution is 9.24. The molecule has 0 aromatic carbocycles. The first-order valence-electron chi connectivity index (χ1n) is 2.13. The van der Waals surface area contributed by atoms with Crippen LogP contribution in [0.5, 0.6) is 0 Å². The normalized spacial score (nSPS) is 9.00. The molecule has 0 aliphatic heterocycles. The molecule has 0 atom stereocenters. The third-order valence-corrected chi connectivity index (χ3v) is 0.977. The molecule has 2 radical (unpaired) electrons. The van der Waals surface area contributed by atoms with Crippen LogP contribution in [0.4, 0.5) is 0 Å². The Kier molecular flexibility index (Phi) is 13.4. The Bertz CT molecular complexity index is 50.2. The van der Waals surface area contributed by atoms with Gasteiger partial charge in [-0.2, -0.15) is 0 Å². The van der Waals surface area contributed by atoms with Crippen molar-refractivity contribution in [1.29, 1.82) is 0 Å². The lowest BCUT2D eigenvalue weighted by atomic mass is 10.8. The van der Waals surface area contributed by atoms with Crippen molar-refractivity contribution in [2.75, 3.05) is 13.2 Å². The molecule has 1 nitrogen and oxygen atoms in total. The van der Waals surface area contributed by atoms with Crippen LogP contribution in [0.15, 0.2) is 0 Å². The highest BCUT2D eigenvalue weighted by Gasteiger charge is 1.92. The van der Waals surface area contributed by atoms with Crippen molar-refractivity contribution >= 4 is 54.9 Å². The molecule has 0 heterocycles. The van der Waals surface area contributed by atoms with E-state index >= 15 is 0 Å². The lowest BCUT2D eigenvalue weighted by Gasteiger charge is -1.98. The van der Waals surface area contributed by atoms with E-state index in [1.165, 1.54) is 0 Å². The summed E-state index contributed by atoms with van der Waals surface area (Å²) in [6.45, 7) is 3.49. The van der Waals surface area contributed by atoms with Crippen LogP contribution >= 0.6 is 31.9 Å². The van der Waals surface area contributed by atoms with Crippen LogP contribution in [-0.2, 0) is 4.74 Å². The second-order valence-corrected chi connectivity index (χ2v) is 4.49. The van der Waals surface area contributed by atoms with E-state index in [0.717, 1.165) is 13.2 Å². The first kappa shape index (κ1) is 12.4. The van der Waals surface area contributed by atoms with E-state index in [9.17, 15) is 0 Å². The molecule has 0 rings (SSSR count). The highest BCUT2D eigenvalue weighted by atomic mass is 79.9. The zero-order valence-electron chi connectivity index (χ0n) is 4.86. The molecule has 0 spiro atoms. The van der Waals surface area contributed by atoms with E-state index in [-0.39, 0.29) is 25.9 Å². The average Bonchev–Trinajstić information content (AvgIpc) is 1.61. The van der Waals surface area contributed by atoms with E-state index < -0.39 is 0 Å². The minimum atomic E-state index is 0. The van der Waals surface area contributed by atoms with Crippen molar-refractivity contribution < 1.29 is 7.59 Å². The van der Waals surface area contributed by atoms with Gasteiger partial charge in [0.25, 0.3) is 0 Å². The van der Waals surface area contributed by atoms with Gasteiger partial charge in [-0.05, 0) is 6.92 Å². The van der Waals surface area contributed by atoms with Crippen LogP contribution in [0.1, 0.15) is 9.78 Å². The van der Waals surface area contributed by atoms with Gasteiger partial charge in [0, 0.05) is 32.5 Å². The van der Waals surface area contributed by atoms with E-state index in [4.69, 9.17) is 4.74 Å². The first-order valence-corrected chi connectivity index (χ1v) is 3.96. The van der Waals surface area contributed by atoms with Gasteiger partial charge >= 0.3 is 0 Å². The van der Waals surface area contributed by atoms with E-state index in [2.05, 4.69) is 31.9 Å². The molecule has 0 aliphatic carbocycles. The van der Waals surface area contributed by atoms with Gasteiger partial charge in [-0.1, -0.05) is 31.9 Å². The first-order chi connectivity index (χ1) is 3.27. The number of ether oxygens (including phenoxy) is 1. The highest BCUT2D eigenvalue weighted by Crippen LogP contribution is 2.06. The van der Waals surface area contributed by atoms with Gasteiger partial charge in [0.15, 0.2) is 0 Å². The minimum absolute atomic E-state index is 0. The molecule has 0 aromatic heterocycles. The molecule has 50 valence electrons. The van der Waals surface area contributed by atoms with Crippen LogP contribution in [0, 0.1) is 0 Å². The van der Waals surface area contributed by atoms with Gasteiger partial charge in [0.1, 0.15) is 0 Å². The summed E-state index contributed by atoms with van der Waals surface area (Å²) in [5.41, 5.74) is 0. The van der Waals surface area contributed by atoms with Gasteiger partial charge in [-0.3, -0.25) is 0 Å². The molecule has 0 aromatic rings. The Labute approximate surface area is 85.9 Å². The summed E-state index contributed by atoms with van der Waals surface area (Å²) in [6, 6.07) is 0. The Morgan fingerprint density at radius 3 is 2.25 bits per heavy atom. The largest absolute Gasteiger partial charge is 0.380 e. The second kappa shape index (κ2) is 8.69. The topological polar surface area (TPSA) is 9.23 Å². The van der Waals surface area contributed by atoms with E-state index in [1.54, 1.807) is 0 Å². The number of halogens is 2. The van der Waals surface area contributed by atoms with Gasteiger partial charge in [-0.15, -0.1) is 0 Å². The van der Waals surface area contributed by atoms with Gasteiger partial charge in [-0.25, -0.2) is 0 Å². The fourth-order valence-electron chi connectivity index (χ4n) is 0.207. The number of hydrogen-bond donors (Lipinski definition) is 0. The molecule has 0 saturated carbocycles. The fourth-order valence-corrected chi connectivity index (χ4v) is 0.581. The third kappa shape index (κ3) is 10.6. The molecular formula is C4H12Br2MgO. The number of hydrogen-bond acceptors (Lipinski definition) is 1. The van der Waals surface area contributed by atoms with Crippen LogP contribution in [0.2, 0.25) is 0 Å². The Balaban J connectivity index is -0.0000000600. The molecule has 0 amide bonds. The summed E-state index contributed by atoms with van der Waals surface area (Å²) in [5, 5.41) is 0. The minimum Gasteiger partial charge on any atom is -0.380 e. The molecule has 0 fully saturated rings. The SMILES string of the molecule is CCOCC(Br)Br.[HH].[HH].[Mg]. The lowest BCUT2D eigenvalue weighted by Crippen LogP contribution is -1.99. The summed E-state index contributed by atoms with van der Waals surface area (Å²) in [7, 11) is 0. The van der Waals surface area contributed by atoms with E-state index in [0.29, 0.717) is 3.74 Å². The summed E-state index contributed by atoms with van der Waals surface area (Å²) < 4.78 is 5.31. The van der Waals surface area contributed by atoms with Crippen molar-refractivity contribution in [3.05, 3.63) is 0 Å². The molecule has 0 N–H and O–H groups in total. The van der Waals surface area contributed by atoms with Crippen LogP contribution < -0.4 is 0 Å². The standard InChI is InChI=1S/C4H8Br2O.Mg.2H2/c1-2-7-3-4(5)6;;;/h4H,2-3H2,1H3;;2*1H. The van der Waals surface area contributed by atoms with Crippen molar-refractivity contribution in [2.24, 2.45) is 0 Å². The monoisotopic (exact) mass is 258 g/mol. The summed E-state index contributed by atoms with van der Waals surface area (Å²) in [4.78, 5) is 0. The molecule has 4 heteroatoms. The lowest BCUT2D eigenvalue weighted by molar-refractivity contribution is 0.162. The molecule has 8 heavy (non-hydrogen) atoms. The fraction of sp³-hybridized carbons (Fsp3) is 1.00. The van der Waals surface area contributed by atoms with Crippen LogP contribution in [0.25, 0.3) is 0 Å². The summed E-state index contributed by atoms with van der Waals surface area (Å²) in [5.74, 6) is 0. The average molecular weight is 260 g/mol. The van der Waals surface area contributed by atoms with Crippen molar-refractivity contribution in [3.63, 3.8) is 0 Å². The van der Waals surface area contributed by atoms with Gasteiger partial charge in [0.2, 0.25) is 0 Å². The summed E-state index contributed by atoms with van der Waals surface area (Å²) in [6.07, 6.45) is 0. The third-order valence-electron chi connectivity index (χ3n) is 0.448. The smallest absolute Gasteiger partial charge is 0.0930 e. The zero-order chi connectivity index (χ0) is 5.70. The quantitative estimate of drug-likeness (QED) is 0.558. The number of alkyl halides is 2. The number of rotatable bonds is 3. The van der Waals surface area contributed by atoms with Crippen molar-refractivity contribution in [3.8, 4) is 0 Å². The predicted octanol–water partition coefficient (Wildman–Crippen LogP) is 2.25. The van der Waals surface area contributed by atoms with Crippen molar-refractivity contribution in [1.82, 2.24) is 0 Å². The van der Waals surface area contributed by atoms with Crippen molar-refractivity contribution in [2.45, 2.75) is 10.7 Å². The van der Waals surface area contributed by atoms with Crippen LogP contribution in [-0.4, -0.2) is 40.0 Å². The molecule has 0 saturated heterocycles. The Morgan fingerprint density at radius 2 is 2.12 bits per heavy atom. The summed E-state index contributed by atoms with van der Waals surface area (Å²) >= 11 is 6.53. The second-order valence-electron chi connectivity index (χ2n) is 1.05. The zero-order valence-corrected chi connectivity index (χ0v) is 9.45. The molecular weight excluding hydrogens is 248 g/mol. The van der Waals surface area contributed by atoms with E-state index in [1.807, 2.05) is 6.92 Å². The maximum atomic E-state index is 5.00. The maximum absolute atomic E-state index is 5.00. The Hall–Kier alpha value is 1.69. The molecule has 0 unspecified atom stereocenters. The predicted molar refractivity (Wildman–Crippen MR) is 48.1 cm³/mol.